The summed E-state index contributed by atoms with van der Waals surface area (Å²) in [5, 5.41) is 0. The third-order valence-electron chi connectivity index (χ3n) is 3.68. The van der Waals surface area contributed by atoms with Crippen molar-refractivity contribution in [1.82, 2.24) is 0 Å². The minimum Gasteiger partial charge on any atom is -0.426 e. The summed E-state index contributed by atoms with van der Waals surface area (Å²) < 4.78 is 32.9. The molecule has 0 amide bonds. The number of rotatable bonds is 6. The summed E-state index contributed by atoms with van der Waals surface area (Å²) in [6, 6.07) is 9.56. The second kappa shape index (κ2) is 7.70. The lowest BCUT2D eigenvalue weighted by molar-refractivity contribution is -0.132. The van der Waals surface area contributed by atoms with Crippen molar-refractivity contribution in [3.8, 4) is 5.75 Å². The molecule has 2 aromatic carbocycles. The fourth-order valence-electron chi connectivity index (χ4n) is 2.41. The predicted octanol–water partition coefficient (Wildman–Crippen LogP) is 3.16. The number of carbonyl (C=O) groups is 2. The lowest BCUT2D eigenvalue weighted by Gasteiger charge is -2.15. The highest BCUT2D eigenvalue weighted by molar-refractivity contribution is 7.92. The molecule has 0 aliphatic carbocycles. The van der Waals surface area contributed by atoms with Gasteiger partial charge < -0.3 is 4.74 Å². The molecule has 0 aliphatic rings. The van der Waals surface area contributed by atoms with Gasteiger partial charge in [-0.2, -0.15) is 0 Å². The Labute approximate surface area is 153 Å². The molecule has 2 aromatic rings. The van der Waals surface area contributed by atoms with E-state index in [1.165, 1.54) is 32.0 Å². The molecule has 0 aromatic heterocycles. The van der Waals surface area contributed by atoms with Crippen LogP contribution in [0.15, 0.2) is 41.3 Å². The monoisotopic (exact) mass is 375 g/mol. The third-order valence-corrected chi connectivity index (χ3v) is 5.06. The van der Waals surface area contributed by atoms with Crippen LogP contribution in [0, 0.1) is 13.8 Å². The highest BCUT2D eigenvalue weighted by Crippen LogP contribution is 2.29. The molecule has 0 radical (unpaired) electrons. The predicted molar refractivity (Wildman–Crippen MR) is 98.9 cm³/mol. The Kier molecular flexibility index (Phi) is 5.82. The highest BCUT2D eigenvalue weighted by atomic mass is 32.2. The first-order valence-corrected chi connectivity index (χ1v) is 9.47. The minimum atomic E-state index is -3.78. The van der Waals surface area contributed by atoms with Gasteiger partial charge in [0.05, 0.1) is 10.6 Å². The van der Waals surface area contributed by atoms with E-state index in [-0.39, 0.29) is 22.8 Å². The van der Waals surface area contributed by atoms with Crippen LogP contribution >= 0.6 is 0 Å². The largest absolute Gasteiger partial charge is 0.426 e. The van der Waals surface area contributed by atoms with Crippen LogP contribution < -0.4 is 9.46 Å². The van der Waals surface area contributed by atoms with Gasteiger partial charge in [-0.1, -0.05) is 17.7 Å². The summed E-state index contributed by atoms with van der Waals surface area (Å²) in [5.74, 6) is -0.389. The van der Waals surface area contributed by atoms with Gasteiger partial charge in [-0.05, 0) is 50.6 Å². The maximum Gasteiger partial charge on any atom is 0.308 e. The van der Waals surface area contributed by atoms with Crippen LogP contribution in [-0.4, -0.2) is 20.2 Å². The number of anilines is 1. The topological polar surface area (TPSA) is 89.5 Å². The number of ketones is 1. The standard InChI is InChI=1S/C19H21NO5S/c1-12-5-7-17(8-6-12)26(23,24)20-18-11-16(10-14(3)21)19(9-13(18)2)25-15(4)22/h5-9,11,20H,10H2,1-4H3. The number of benzene rings is 2. The first-order chi connectivity index (χ1) is 12.1. The van der Waals surface area contributed by atoms with Crippen LogP contribution in [-0.2, 0) is 26.0 Å². The zero-order valence-corrected chi connectivity index (χ0v) is 15.9. The molecule has 0 saturated heterocycles. The third kappa shape index (κ3) is 4.92. The van der Waals surface area contributed by atoms with E-state index < -0.39 is 16.0 Å². The Morgan fingerprint density at radius 3 is 2.19 bits per heavy atom. The molecule has 1 N–H and O–H groups in total. The number of esters is 1. The van der Waals surface area contributed by atoms with Crippen LogP contribution in [0.1, 0.15) is 30.5 Å². The van der Waals surface area contributed by atoms with Gasteiger partial charge in [0.15, 0.2) is 0 Å². The molecule has 138 valence electrons. The molecule has 7 heteroatoms. The van der Waals surface area contributed by atoms with Crippen LogP contribution in [0.2, 0.25) is 0 Å². The summed E-state index contributed by atoms with van der Waals surface area (Å²) in [4.78, 5) is 22.9. The minimum absolute atomic E-state index is 0.0299. The van der Waals surface area contributed by atoms with Crippen molar-refractivity contribution in [2.24, 2.45) is 0 Å². The van der Waals surface area contributed by atoms with E-state index in [0.717, 1.165) is 5.56 Å². The molecule has 0 heterocycles. The molecule has 0 unspecified atom stereocenters. The average molecular weight is 375 g/mol. The molecular formula is C19H21NO5S. The second-order valence-electron chi connectivity index (χ2n) is 6.17. The smallest absolute Gasteiger partial charge is 0.308 e. The van der Waals surface area contributed by atoms with E-state index in [1.54, 1.807) is 25.1 Å². The first kappa shape index (κ1) is 19.7. The lowest BCUT2D eigenvalue weighted by atomic mass is 10.0. The highest BCUT2D eigenvalue weighted by Gasteiger charge is 2.18. The summed E-state index contributed by atoms with van der Waals surface area (Å²) in [5.41, 5.74) is 2.30. The average Bonchev–Trinajstić information content (AvgIpc) is 2.51. The molecule has 2 rings (SSSR count). The van der Waals surface area contributed by atoms with Crippen LogP contribution in [0.3, 0.4) is 0 Å². The Morgan fingerprint density at radius 2 is 1.65 bits per heavy atom. The van der Waals surface area contributed by atoms with E-state index in [4.69, 9.17) is 4.74 Å². The van der Waals surface area contributed by atoms with Gasteiger partial charge in [-0.15, -0.1) is 0 Å². The Hall–Kier alpha value is -2.67. The molecule has 0 spiro atoms. The Bertz CT molecular complexity index is 947. The van der Waals surface area contributed by atoms with Gasteiger partial charge >= 0.3 is 5.97 Å². The SMILES string of the molecule is CC(=O)Cc1cc(NS(=O)(=O)c2ccc(C)cc2)c(C)cc1OC(C)=O. The summed E-state index contributed by atoms with van der Waals surface area (Å²) in [6.45, 7) is 6.24. The molecule has 26 heavy (non-hydrogen) atoms. The van der Waals surface area contributed by atoms with Gasteiger partial charge in [0, 0.05) is 18.9 Å². The molecule has 0 saturated carbocycles. The summed E-state index contributed by atoms with van der Waals surface area (Å²) >= 11 is 0. The Morgan fingerprint density at radius 1 is 1.04 bits per heavy atom. The molecule has 0 bridgehead atoms. The normalized spacial score (nSPS) is 11.1. The quantitative estimate of drug-likeness (QED) is 0.619. The fourth-order valence-corrected chi connectivity index (χ4v) is 3.54. The molecular weight excluding hydrogens is 354 g/mol. The molecule has 0 aliphatic heterocycles. The lowest BCUT2D eigenvalue weighted by Crippen LogP contribution is -2.15. The van der Waals surface area contributed by atoms with Crippen LogP contribution in [0.25, 0.3) is 0 Å². The number of ether oxygens (including phenoxy) is 1. The number of carbonyl (C=O) groups excluding carboxylic acids is 2. The van der Waals surface area contributed by atoms with E-state index in [1.807, 2.05) is 6.92 Å². The van der Waals surface area contributed by atoms with E-state index >= 15 is 0 Å². The van der Waals surface area contributed by atoms with Crippen molar-refractivity contribution in [3.63, 3.8) is 0 Å². The van der Waals surface area contributed by atoms with Crippen LogP contribution in [0.4, 0.5) is 5.69 Å². The van der Waals surface area contributed by atoms with E-state index in [2.05, 4.69) is 4.72 Å². The van der Waals surface area contributed by atoms with Crippen molar-refractivity contribution in [1.29, 1.82) is 0 Å². The Balaban J connectivity index is 2.43. The summed E-state index contributed by atoms with van der Waals surface area (Å²) in [6.07, 6.45) is 0.0299. The van der Waals surface area contributed by atoms with Gasteiger partial charge in [0.2, 0.25) is 0 Å². The molecule has 0 atom stereocenters. The van der Waals surface area contributed by atoms with Gasteiger partial charge in [-0.3, -0.25) is 14.3 Å². The van der Waals surface area contributed by atoms with Gasteiger partial charge in [0.25, 0.3) is 10.0 Å². The maximum atomic E-state index is 12.6. The number of hydrogen-bond acceptors (Lipinski definition) is 5. The van der Waals surface area contributed by atoms with Crippen molar-refractivity contribution in [2.75, 3.05) is 4.72 Å². The van der Waals surface area contributed by atoms with Crippen molar-refractivity contribution < 1.29 is 22.7 Å². The van der Waals surface area contributed by atoms with Gasteiger partial charge in [-0.25, -0.2) is 8.42 Å². The fraction of sp³-hybridized carbons (Fsp3) is 0.263. The van der Waals surface area contributed by atoms with Crippen LogP contribution in [0.5, 0.6) is 5.75 Å². The maximum absolute atomic E-state index is 12.6. The van der Waals surface area contributed by atoms with Gasteiger partial charge in [0.1, 0.15) is 11.5 Å². The zero-order valence-electron chi connectivity index (χ0n) is 15.1. The number of hydrogen-bond donors (Lipinski definition) is 1. The summed E-state index contributed by atoms with van der Waals surface area (Å²) in [7, 11) is -3.78. The number of sulfonamides is 1. The van der Waals surface area contributed by atoms with Crippen molar-refractivity contribution in [3.05, 3.63) is 53.1 Å². The van der Waals surface area contributed by atoms with Crippen molar-refractivity contribution in [2.45, 2.75) is 39.0 Å². The first-order valence-electron chi connectivity index (χ1n) is 7.99. The molecule has 6 nitrogen and oxygen atoms in total. The van der Waals surface area contributed by atoms with Crippen molar-refractivity contribution >= 4 is 27.5 Å². The van der Waals surface area contributed by atoms with E-state index in [0.29, 0.717) is 16.8 Å². The number of Topliss-reactive ketones (excluding diaryl/α,β-unsaturated/α-hetero) is 1. The van der Waals surface area contributed by atoms with E-state index in [9.17, 15) is 18.0 Å². The second-order valence-corrected chi connectivity index (χ2v) is 7.85. The number of aryl methyl sites for hydroxylation is 2. The zero-order chi connectivity index (χ0) is 19.5. The molecule has 0 fully saturated rings. The number of nitrogens with one attached hydrogen (secondary N) is 1.